The van der Waals surface area contributed by atoms with Gasteiger partial charge in [-0.05, 0) is 24.6 Å². The van der Waals surface area contributed by atoms with E-state index in [0.717, 1.165) is 11.1 Å². The van der Waals surface area contributed by atoms with E-state index in [-0.39, 0.29) is 11.5 Å². The minimum absolute atomic E-state index is 0.226. The van der Waals surface area contributed by atoms with Gasteiger partial charge < -0.3 is 4.74 Å². The van der Waals surface area contributed by atoms with E-state index in [4.69, 9.17) is 4.74 Å². The van der Waals surface area contributed by atoms with Gasteiger partial charge in [0.25, 0.3) is 0 Å². The van der Waals surface area contributed by atoms with E-state index in [0.29, 0.717) is 6.61 Å². The fourth-order valence-electron chi connectivity index (χ4n) is 2.01. The van der Waals surface area contributed by atoms with Crippen molar-refractivity contribution in [3.8, 4) is 0 Å². The van der Waals surface area contributed by atoms with Crippen molar-refractivity contribution in [2.75, 3.05) is 6.61 Å². The number of hydrogen-bond acceptors (Lipinski definition) is 3. The molecule has 0 aliphatic heterocycles. The molecule has 0 saturated carbocycles. The van der Waals surface area contributed by atoms with Gasteiger partial charge in [0.15, 0.2) is 0 Å². The molecule has 1 N–H and O–H groups in total. The van der Waals surface area contributed by atoms with Crippen LogP contribution < -0.4 is 4.72 Å². The Labute approximate surface area is 137 Å². The number of ether oxygens (including phenoxy) is 1. The summed E-state index contributed by atoms with van der Waals surface area (Å²) in [5.74, 6) is 0. The first-order valence-corrected chi connectivity index (χ1v) is 8.83. The molecule has 0 bridgehead atoms. The van der Waals surface area contributed by atoms with Gasteiger partial charge in [0.1, 0.15) is 0 Å². The molecule has 0 aromatic heterocycles. The van der Waals surface area contributed by atoms with Crippen molar-refractivity contribution in [3.63, 3.8) is 0 Å². The predicted octanol–water partition coefficient (Wildman–Crippen LogP) is 3.04. The molecular weight excluding hydrogens is 310 g/mol. The summed E-state index contributed by atoms with van der Waals surface area (Å²) in [6.45, 7) is 6.24. The number of benzene rings is 2. The quantitative estimate of drug-likeness (QED) is 0.757. The highest BCUT2D eigenvalue weighted by Gasteiger charge is 2.18. The molecule has 0 spiro atoms. The second-order valence-corrected chi connectivity index (χ2v) is 6.99. The molecule has 2 aromatic carbocycles. The van der Waals surface area contributed by atoms with Gasteiger partial charge in [0.05, 0.1) is 24.2 Å². The molecule has 4 nitrogen and oxygen atoms in total. The summed E-state index contributed by atoms with van der Waals surface area (Å²) >= 11 is 0. The molecule has 0 aliphatic carbocycles. The molecule has 1 atom stereocenters. The Balaban J connectivity index is 1.93. The summed E-state index contributed by atoms with van der Waals surface area (Å²) in [7, 11) is -3.58. The third-order valence-electron chi connectivity index (χ3n) is 3.33. The van der Waals surface area contributed by atoms with Crippen molar-refractivity contribution in [2.24, 2.45) is 0 Å². The molecule has 0 aliphatic rings. The van der Waals surface area contributed by atoms with Crippen LogP contribution in [0.3, 0.4) is 0 Å². The van der Waals surface area contributed by atoms with E-state index in [1.54, 1.807) is 24.3 Å². The summed E-state index contributed by atoms with van der Waals surface area (Å²) < 4.78 is 32.8. The molecule has 0 amide bonds. The third kappa shape index (κ3) is 5.32. The lowest BCUT2D eigenvalue weighted by Crippen LogP contribution is -2.36. The number of aryl methyl sites for hydroxylation is 1. The van der Waals surface area contributed by atoms with Crippen LogP contribution in [0.2, 0.25) is 0 Å². The molecule has 0 fully saturated rings. The maximum absolute atomic E-state index is 12.3. The van der Waals surface area contributed by atoms with Gasteiger partial charge in [-0.25, -0.2) is 13.1 Å². The first kappa shape index (κ1) is 17.4. The standard InChI is InChI=1S/C18H21NO3S/c1-3-17(14-22-13-16-7-5-4-6-8-16)19-23(20,21)18-11-9-15(2)10-12-18/h3-12,17,19H,1,13-14H2,2H3. The number of nitrogens with one attached hydrogen (secondary N) is 1. The van der Waals surface area contributed by atoms with Crippen molar-refractivity contribution in [1.82, 2.24) is 4.72 Å². The monoisotopic (exact) mass is 331 g/mol. The van der Waals surface area contributed by atoms with Crippen LogP contribution in [0.15, 0.2) is 72.1 Å². The SMILES string of the molecule is C=CC(COCc1ccccc1)NS(=O)(=O)c1ccc(C)cc1. The Morgan fingerprint density at radius 2 is 1.78 bits per heavy atom. The average Bonchev–Trinajstić information content (AvgIpc) is 2.55. The molecule has 0 saturated heterocycles. The lowest BCUT2D eigenvalue weighted by atomic mass is 10.2. The lowest BCUT2D eigenvalue weighted by Gasteiger charge is -2.15. The Morgan fingerprint density at radius 3 is 2.39 bits per heavy atom. The highest BCUT2D eigenvalue weighted by atomic mass is 32.2. The highest BCUT2D eigenvalue weighted by Crippen LogP contribution is 2.11. The summed E-state index contributed by atoms with van der Waals surface area (Å²) in [6.07, 6.45) is 1.54. The average molecular weight is 331 g/mol. The van der Waals surface area contributed by atoms with Crippen LogP contribution >= 0.6 is 0 Å². The highest BCUT2D eigenvalue weighted by molar-refractivity contribution is 7.89. The Kier molecular flexibility index (Phi) is 6.10. The van der Waals surface area contributed by atoms with E-state index in [1.807, 2.05) is 37.3 Å². The van der Waals surface area contributed by atoms with E-state index in [1.165, 1.54) is 6.08 Å². The van der Waals surface area contributed by atoms with Crippen molar-refractivity contribution < 1.29 is 13.2 Å². The van der Waals surface area contributed by atoms with Crippen molar-refractivity contribution in [3.05, 3.63) is 78.4 Å². The minimum Gasteiger partial charge on any atom is -0.375 e. The largest absolute Gasteiger partial charge is 0.375 e. The molecule has 2 aromatic rings. The van der Waals surface area contributed by atoms with Crippen molar-refractivity contribution >= 4 is 10.0 Å². The molecule has 5 heteroatoms. The van der Waals surface area contributed by atoms with Crippen LogP contribution in [0.1, 0.15) is 11.1 Å². The number of sulfonamides is 1. The van der Waals surface area contributed by atoms with E-state index >= 15 is 0 Å². The zero-order chi connectivity index (χ0) is 16.7. The zero-order valence-electron chi connectivity index (χ0n) is 13.1. The summed E-state index contributed by atoms with van der Waals surface area (Å²) in [4.78, 5) is 0.234. The second kappa shape index (κ2) is 8.06. The Morgan fingerprint density at radius 1 is 1.13 bits per heavy atom. The first-order chi connectivity index (χ1) is 11.0. The van der Waals surface area contributed by atoms with Crippen LogP contribution in [-0.4, -0.2) is 21.1 Å². The van der Waals surface area contributed by atoms with Gasteiger partial charge in [-0.1, -0.05) is 54.1 Å². The van der Waals surface area contributed by atoms with Gasteiger partial charge in [-0.3, -0.25) is 0 Å². The summed E-state index contributed by atoms with van der Waals surface area (Å²) in [5, 5.41) is 0. The van der Waals surface area contributed by atoms with E-state index in [9.17, 15) is 8.42 Å². The molecular formula is C18H21NO3S. The number of hydrogen-bond donors (Lipinski definition) is 1. The molecule has 0 radical (unpaired) electrons. The lowest BCUT2D eigenvalue weighted by molar-refractivity contribution is 0.113. The molecule has 122 valence electrons. The molecule has 2 rings (SSSR count). The predicted molar refractivity (Wildman–Crippen MR) is 91.6 cm³/mol. The topological polar surface area (TPSA) is 55.4 Å². The molecule has 1 unspecified atom stereocenters. The fraction of sp³-hybridized carbons (Fsp3) is 0.222. The minimum atomic E-state index is -3.58. The van der Waals surface area contributed by atoms with Crippen molar-refractivity contribution in [2.45, 2.75) is 24.5 Å². The van der Waals surface area contributed by atoms with Crippen molar-refractivity contribution in [1.29, 1.82) is 0 Å². The van der Waals surface area contributed by atoms with Crippen LogP contribution in [0.25, 0.3) is 0 Å². The van der Waals surface area contributed by atoms with Crippen LogP contribution in [0.5, 0.6) is 0 Å². The maximum Gasteiger partial charge on any atom is 0.241 e. The van der Waals surface area contributed by atoms with E-state index in [2.05, 4.69) is 11.3 Å². The third-order valence-corrected chi connectivity index (χ3v) is 4.84. The zero-order valence-corrected chi connectivity index (χ0v) is 13.9. The van der Waals surface area contributed by atoms with Crippen LogP contribution in [-0.2, 0) is 21.4 Å². The van der Waals surface area contributed by atoms with E-state index < -0.39 is 16.1 Å². The van der Waals surface area contributed by atoms with Crippen LogP contribution in [0, 0.1) is 6.92 Å². The smallest absolute Gasteiger partial charge is 0.241 e. The second-order valence-electron chi connectivity index (χ2n) is 5.28. The van der Waals surface area contributed by atoms with Gasteiger partial charge in [0.2, 0.25) is 10.0 Å². The molecule has 23 heavy (non-hydrogen) atoms. The Bertz CT molecular complexity index is 725. The number of rotatable bonds is 8. The summed E-state index contributed by atoms with van der Waals surface area (Å²) in [6, 6.07) is 15.9. The van der Waals surface area contributed by atoms with Crippen LogP contribution in [0.4, 0.5) is 0 Å². The summed E-state index contributed by atoms with van der Waals surface area (Å²) in [5.41, 5.74) is 2.05. The van der Waals surface area contributed by atoms with Gasteiger partial charge >= 0.3 is 0 Å². The Hall–Kier alpha value is -1.95. The van der Waals surface area contributed by atoms with Gasteiger partial charge in [-0.15, -0.1) is 6.58 Å². The molecule has 0 heterocycles. The normalized spacial score (nSPS) is 12.7. The van der Waals surface area contributed by atoms with Gasteiger partial charge in [-0.2, -0.15) is 0 Å². The first-order valence-electron chi connectivity index (χ1n) is 7.34. The van der Waals surface area contributed by atoms with Gasteiger partial charge in [0, 0.05) is 0 Å². The fourth-order valence-corrected chi connectivity index (χ4v) is 3.21. The maximum atomic E-state index is 12.3.